The van der Waals surface area contributed by atoms with Gasteiger partial charge in [0.2, 0.25) is 10.0 Å². The van der Waals surface area contributed by atoms with Crippen molar-refractivity contribution in [1.82, 2.24) is 9.29 Å². The summed E-state index contributed by atoms with van der Waals surface area (Å²) >= 11 is 0. The largest absolute Gasteiger partial charge is 0.497 e. The van der Waals surface area contributed by atoms with Crippen LogP contribution in [0.5, 0.6) is 5.75 Å². The van der Waals surface area contributed by atoms with Crippen molar-refractivity contribution in [1.29, 1.82) is 0 Å². The summed E-state index contributed by atoms with van der Waals surface area (Å²) in [6.07, 6.45) is 3.47. The summed E-state index contributed by atoms with van der Waals surface area (Å²) in [5.74, 6) is -0.824. The number of piperidine rings is 1. The van der Waals surface area contributed by atoms with Gasteiger partial charge in [-0.3, -0.25) is 14.6 Å². The van der Waals surface area contributed by atoms with Crippen LogP contribution < -0.4 is 10.1 Å². The first kappa shape index (κ1) is 21.7. The first-order valence-electron chi connectivity index (χ1n) is 9.41. The Hall–Kier alpha value is -2.98. The molecular weight excluding hydrogens is 410 g/mol. The molecule has 0 radical (unpaired) electrons. The second-order valence-electron chi connectivity index (χ2n) is 6.75. The lowest BCUT2D eigenvalue weighted by atomic mass is 9.98. The van der Waals surface area contributed by atoms with E-state index in [0.29, 0.717) is 24.3 Å². The molecule has 2 heterocycles. The van der Waals surface area contributed by atoms with Gasteiger partial charge in [-0.1, -0.05) is 6.07 Å². The van der Waals surface area contributed by atoms with Crippen LogP contribution in [0.2, 0.25) is 0 Å². The van der Waals surface area contributed by atoms with E-state index in [4.69, 9.17) is 9.47 Å². The SMILES string of the molecule is COc1cccc(NC(=O)COC(=O)C2CCN(S(=O)(=O)c3cccnc3)CC2)c1. The third-order valence-electron chi connectivity index (χ3n) is 4.76. The number of anilines is 1. The molecule has 1 N–H and O–H groups in total. The lowest BCUT2D eigenvalue weighted by Gasteiger charge is -2.29. The van der Waals surface area contributed by atoms with Crippen molar-refractivity contribution in [2.45, 2.75) is 17.7 Å². The number of nitrogens with one attached hydrogen (secondary N) is 1. The van der Waals surface area contributed by atoms with Gasteiger partial charge in [0.1, 0.15) is 10.6 Å². The van der Waals surface area contributed by atoms with Crippen molar-refractivity contribution in [2.24, 2.45) is 5.92 Å². The Balaban J connectivity index is 1.46. The molecule has 1 aliphatic heterocycles. The summed E-state index contributed by atoms with van der Waals surface area (Å²) in [5.41, 5.74) is 0.532. The molecule has 3 rings (SSSR count). The molecule has 10 heteroatoms. The smallest absolute Gasteiger partial charge is 0.309 e. The minimum Gasteiger partial charge on any atom is -0.497 e. The highest BCUT2D eigenvalue weighted by Gasteiger charge is 2.33. The molecule has 30 heavy (non-hydrogen) atoms. The predicted octanol–water partition coefficient (Wildman–Crippen LogP) is 1.67. The number of sulfonamides is 1. The minimum absolute atomic E-state index is 0.125. The van der Waals surface area contributed by atoms with E-state index in [1.807, 2.05) is 0 Å². The molecule has 0 aliphatic carbocycles. The predicted molar refractivity (Wildman–Crippen MR) is 108 cm³/mol. The molecule has 0 spiro atoms. The zero-order chi connectivity index (χ0) is 21.6. The number of pyridine rings is 1. The summed E-state index contributed by atoms with van der Waals surface area (Å²) in [5, 5.41) is 2.63. The third-order valence-corrected chi connectivity index (χ3v) is 6.64. The first-order valence-corrected chi connectivity index (χ1v) is 10.8. The van der Waals surface area contributed by atoms with E-state index in [0.717, 1.165) is 0 Å². The van der Waals surface area contributed by atoms with Crippen LogP contribution in [0.25, 0.3) is 0 Å². The molecule has 1 amide bonds. The number of methoxy groups -OCH3 is 1. The summed E-state index contributed by atoms with van der Waals surface area (Å²) in [6.45, 7) is -0.00968. The monoisotopic (exact) mass is 433 g/mol. The highest BCUT2D eigenvalue weighted by molar-refractivity contribution is 7.89. The highest BCUT2D eigenvalue weighted by Crippen LogP contribution is 2.24. The number of hydrogen-bond donors (Lipinski definition) is 1. The molecule has 2 aromatic rings. The van der Waals surface area contributed by atoms with Crippen molar-refractivity contribution in [3.63, 3.8) is 0 Å². The molecule has 0 unspecified atom stereocenters. The zero-order valence-corrected chi connectivity index (χ0v) is 17.3. The maximum atomic E-state index is 12.6. The number of amides is 1. The fourth-order valence-corrected chi connectivity index (χ4v) is 4.57. The molecule has 1 aromatic carbocycles. The van der Waals surface area contributed by atoms with Crippen LogP contribution in [0.4, 0.5) is 5.69 Å². The average Bonchev–Trinajstić information content (AvgIpc) is 2.78. The molecule has 1 saturated heterocycles. The van der Waals surface area contributed by atoms with Gasteiger partial charge in [-0.05, 0) is 37.1 Å². The van der Waals surface area contributed by atoms with Crippen LogP contribution in [0.3, 0.4) is 0 Å². The second kappa shape index (κ2) is 9.68. The minimum atomic E-state index is -3.63. The molecule has 1 aliphatic rings. The number of carbonyl (C=O) groups is 2. The van der Waals surface area contributed by atoms with Crippen molar-refractivity contribution in [3.8, 4) is 5.75 Å². The summed E-state index contributed by atoms with van der Waals surface area (Å²) < 4.78 is 36.8. The average molecular weight is 433 g/mol. The normalized spacial score (nSPS) is 15.4. The van der Waals surface area contributed by atoms with Gasteiger partial charge in [0, 0.05) is 37.2 Å². The van der Waals surface area contributed by atoms with E-state index in [1.165, 1.54) is 29.9 Å². The summed E-state index contributed by atoms with van der Waals surface area (Å²) in [7, 11) is -2.11. The maximum Gasteiger partial charge on any atom is 0.309 e. The number of aromatic nitrogens is 1. The lowest BCUT2D eigenvalue weighted by molar-refractivity contribution is -0.152. The van der Waals surface area contributed by atoms with Crippen LogP contribution in [0.15, 0.2) is 53.7 Å². The van der Waals surface area contributed by atoms with Gasteiger partial charge in [-0.15, -0.1) is 0 Å². The Morgan fingerprint density at radius 2 is 1.97 bits per heavy atom. The summed E-state index contributed by atoms with van der Waals surface area (Å²) in [4.78, 5) is 28.3. The van der Waals surface area contributed by atoms with Gasteiger partial charge in [-0.25, -0.2) is 8.42 Å². The van der Waals surface area contributed by atoms with Gasteiger partial charge in [-0.2, -0.15) is 4.31 Å². The number of carbonyl (C=O) groups excluding carboxylic acids is 2. The fourth-order valence-electron chi connectivity index (χ4n) is 3.13. The molecule has 1 fully saturated rings. The Morgan fingerprint density at radius 3 is 2.63 bits per heavy atom. The summed E-state index contributed by atoms with van der Waals surface area (Å²) in [6, 6.07) is 9.88. The Bertz CT molecular complexity index is 989. The number of esters is 1. The van der Waals surface area contributed by atoms with Gasteiger partial charge in [0.25, 0.3) is 5.91 Å². The van der Waals surface area contributed by atoms with Crippen LogP contribution in [-0.4, -0.2) is 56.4 Å². The molecule has 160 valence electrons. The molecule has 0 bridgehead atoms. The second-order valence-corrected chi connectivity index (χ2v) is 8.69. The first-order chi connectivity index (χ1) is 14.4. The van der Waals surface area contributed by atoms with Crippen molar-refractivity contribution < 1.29 is 27.5 Å². The Kier molecular flexibility index (Phi) is 7.01. The highest BCUT2D eigenvalue weighted by atomic mass is 32.2. The van der Waals surface area contributed by atoms with E-state index in [1.54, 1.807) is 30.3 Å². The lowest BCUT2D eigenvalue weighted by Crippen LogP contribution is -2.40. The van der Waals surface area contributed by atoms with Crippen LogP contribution >= 0.6 is 0 Å². The number of nitrogens with zero attached hydrogens (tertiary/aromatic N) is 2. The maximum absolute atomic E-state index is 12.6. The molecule has 0 atom stereocenters. The fraction of sp³-hybridized carbons (Fsp3) is 0.350. The number of rotatable bonds is 7. The molecule has 1 aromatic heterocycles. The molecule has 9 nitrogen and oxygen atoms in total. The third kappa shape index (κ3) is 5.33. The van der Waals surface area contributed by atoms with Crippen LogP contribution in [0, 0.1) is 5.92 Å². The van der Waals surface area contributed by atoms with E-state index in [2.05, 4.69) is 10.3 Å². The number of hydrogen-bond acceptors (Lipinski definition) is 7. The van der Waals surface area contributed by atoms with Gasteiger partial charge in [0.05, 0.1) is 13.0 Å². The number of benzene rings is 1. The van der Waals surface area contributed by atoms with Crippen molar-refractivity contribution in [3.05, 3.63) is 48.8 Å². The molecule has 0 saturated carbocycles. The van der Waals surface area contributed by atoms with E-state index in [9.17, 15) is 18.0 Å². The van der Waals surface area contributed by atoms with E-state index >= 15 is 0 Å². The molecular formula is C20H23N3O6S. The standard InChI is InChI=1S/C20H23N3O6S/c1-28-17-5-2-4-16(12-17)22-19(24)14-29-20(25)15-7-10-23(11-8-15)30(26,27)18-6-3-9-21-13-18/h2-6,9,12-13,15H,7-8,10-11,14H2,1H3,(H,22,24). The zero-order valence-electron chi connectivity index (χ0n) is 16.5. The van der Waals surface area contributed by atoms with Crippen LogP contribution in [-0.2, 0) is 24.3 Å². The van der Waals surface area contributed by atoms with Crippen molar-refractivity contribution in [2.75, 3.05) is 32.1 Å². The van der Waals surface area contributed by atoms with Gasteiger partial charge < -0.3 is 14.8 Å². The van der Waals surface area contributed by atoms with Gasteiger partial charge >= 0.3 is 5.97 Å². The topological polar surface area (TPSA) is 115 Å². The Labute approximate surface area is 175 Å². The van der Waals surface area contributed by atoms with Gasteiger partial charge in [0.15, 0.2) is 6.61 Å². The number of ether oxygens (including phenoxy) is 2. The van der Waals surface area contributed by atoms with E-state index in [-0.39, 0.29) is 18.0 Å². The quantitative estimate of drug-likeness (QED) is 0.661. The van der Waals surface area contributed by atoms with E-state index < -0.39 is 34.4 Å². The van der Waals surface area contributed by atoms with Crippen molar-refractivity contribution >= 4 is 27.6 Å². The Morgan fingerprint density at radius 1 is 1.20 bits per heavy atom. The van der Waals surface area contributed by atoms with Crippen LogP contribution in [0.1, 0.15) is 12.8 Å².